The predicted molar refractivity (Wildman–Crippen MR) is 375 cm³/mol. The van der Waals surface area contributed by atoms with Gasteiger partial charge in [0.25, 0.3) is 0 Å². The van der Waals surface area contributed by atoms with E-state index in [9.17, 15) is 28.8 Å². The Morgan fingerprint density at radius 2 is 0.517 bits per heavy atom. The van der Waals surface area contributed by atoms with Crippen LogP contribution < -0.4 is 0 Å². The molecule has 6 aromatic rings. The molecule has 0 unspecified atom stereocenters. The third-order valence-electron chi connectivity index (χ3n) is 13.6. The number of aliphatic hydroxyl groups excluding tert-OH is 1. The zero-order valence-electron chi connectivity index (χ0n) is 57.0. The summed E-state index contributed by atoms with van der Waals surface area (Å²) in [5, 5.41) is 24.1. The third kappa shape index (κ3) is 41.0. The molecule has 0 aliphatic carbocycles. The molecule has 6 rings (SSSR count). The van der Waals surface area contributed by atoms with Gasteiger partial charge in [-0.2, -0.15) is 0 Å². The van der Waals surface area contributed by atoms with E-state index in [1.807, 2.05) is 142 Å². The van der Waals surface area contributed by atoms with E-state index in [-0.39, 0.29) is 48.7 Å². The van der Waals surface area contributed by atoms with Crippen molar-refractivity contribution in [2.75, 3.05) is 0 Å². The van der Waals surface area contributed by atoms with Crippen molar-refractivity contribution in [3.8, 4) is 0 Å². The summed E-state index contributed by atoms with van der Waals surface area (Å²) < 4.78 is 4.97. The van der Waals surface area contributed by atoms with Crippen LogP contribution in [0.1, 0.15) is 244 Å². The molecule has 0 spiro atoms. The Bertz CT molecular complexity index is 2650. The van der Waals surface area contributed by atoms with Crippen LogP contribution in [0.3, 0.4) is 0 Å². The summed E-state index contributed by atoms with van der Waals surface area (Å²) >= 11 is -1.56. The van der Waals surface area contributed by atoms with E-state index < -0.39 is 25.5 Å². The van der Waals surface area contributed by atoms with Crippen LogP contribution in [0.15, 0.2) is 109 Å². The molecule has 0 amide bonds. The van der Waals surface area contributed by atoms with Crippen molar-refractivity contribution in [3.63, 3.8) is 0 Å². The summed E-state index contributed by atoms with van der Waals surface area (Å²) in [6.45, 7) is 39.8. The van der Waals surface area contributed by atoms with Crippen LogP contribution in [0.2, 0.25) is 25.1 Å². The van der Waals surface area contributed by atoms with Gasteiger partial charge >= 0.3 is 103 Å². The summed E-state index contributed by atoms with van der Waals surface area (Å²) in [6.07, 6.45) is 9.75. The number of aliphatic hydroxyl groups is 1. The zero-order chi connectivity index (χ0) is 66.4. The van der Waals surface area contributed by atoms with Crippen molar-refractivity contribution in [3.05, 3.63) is 209 Å². The molecule has 0 saturated carbocycles. The molecule has 0 heterocycles. The van der Waals surface area contributed by atoms with Gasteiger partial charge in [0.15, 0.2) is 34.7 Å². The molecule has 0 saturated heterocycles. The summed E-state index contributed by atoms with van der Waals surface area (Å²) in [7, 11) is -1.17. The van der Waals surface area contributed by atoms with Crippen LogP contribution in [0.5, 0.6) is 0 Å². The Hall–Kier alpha value is -5.92. The van der Waals surface area contributed by atoms with Gasteiger partial charge < -0.3 is 15.2 Å². The molecule has 6 aromatic carbocycles. The Labute approximate surface area is 532 Å². The van der Waals surface area contributed by atoms with E-state index >= 15 is 0 Å². The van der Waals surface area contributed by atoms with E-state index in [4.69, 9.17) is 15.2 Å². The van der Waals surface area contributed by atoms with E-state index in [1.54, 1.807) is 54.0 Å². The van der Waals surface area contributed by atoms with Crippen LogP contribution in [0.25, 0.3) is 0 Å². The number of carbonyl (C=O) groups excluding carboxylic acids is 6. The van der Waals surface area contributed by atoms with Crippen molar-refractivity contribution < 1.29 is 43.9 Å². The summed E-state index contributed by atoms with van der Waals surface area (Å²) in [6, 6.07) is 35.0. The van der Waals surface area contributed by atoms with Crippen molar-refractivity contribution in [1.29, 1.82) is 0 Å². The molecular formula is C76H113BO9Sn. The zero-order valence-corrected chi connectivity index (χ0v) is 59.9. The molecule has 9 nitrogen and oxygen atoms in total. The van der Waals surface area contributed by atoms with Gasteiger partial charge in [-0.3, -0.25) is 28.8 Å². The molecule has 87 heavy (non-hydrogen) atoms. The molecule has 0 radical (unpaired) electrons. The second-order valence-electron chi connectivity index (χ2n) is 23.5. The fourth-order valence-corrected chi connectivity index (χ4v) is 21.8. The average Bonchev–Trinajstić information content (AvgIpc) is 3.63. The normalized spacial score (nSPS) is 9.90. The standard InChI is InChI=1S/C11H14O.C10H12O2.4C10H12O.3C4H9.CH5BO2.CH4.CH3.Sn/c1-4-10-5-8(2)6-11(7-10)9(3)12;1-7-3-9(6-11)5-10(4-7)8(2)12;4*1-7-4-8(2)6-10(5-7)9(3)11;3*1-3-4-2;1-2(3)4;;;/h5-7H,4H2,1-3H3;3-5,11H,6H2,1-2H3;4*4-6H,1-3H3;3*1,3-4H2,2H3;3-4H,1H3;1H4;1H3;. The molecule has 0 fully saturated rings. The average molecular weight is 1300 g/mol. The van der Waals surface area contributed by atoms with E-state index in [0.29, 0.717) is 5.56 Å². The minimum atomic E-state index is -1.56. The Balaban J connectivity index is -0.000000935. The van der Waals surface area contributed by atoms with Crippen LogP contribution in [-0.2, 0) is 13.0 Å². The van der Waals surface area contributed by atoms with Crippen LogP contribution in [0.4, 0.5) is 0 Å². The van der Waals surface area contributed by atoms with Gasteiger partial charge in [-0.15, -0.1) is 0 Å². The first kappa shape index (κ1) is 85.3. The van der Waals surface area contributed by atoms with Crippen LogP contribution in [-0.4, -0.2) is 75.3 Å². The van der Waals surface area contributed by atoms with Gasteiger partial charge in [0.2, 0.25) is 0 Å². The second-order valence-corrected chi connectivity index (χ2v) is 38.1. The summed E-state index contributed by atoms with van der Waals surface area (Å²) in [5.41, 5.74) is 18.1. The van der Waals surface area contributed by atoms with Crippen molar-refractivity contribution in [2.24, 2.45) is 0 Å². The summed E-state index contributed by atoms with van der Waals surface area (Å²) in [4.78, 5) is 68.6. The number of ketones is 6. The first-order valence-corrected chi connectivity index (χ1v) is 39.5. The number of benzene rings is 6. The molecule has 0 aliphatic heterocycles. The summed E-state index contributed by atoms with van der Waals surface area (Å²) in [5.74, 6) is 0.726. The van der Waals surface area contributed by atoms with Crippen LogP contribution >= 0.6 is 0 Å². The maximum Gasteiger partial charge on any atom is 0.159 e. The SMILES string of the molecule is C.CB(O)O.CC(=O)c1cc(C)cc(C)c1.CC(=O)c1cc(C)cc(C)c1.CC(=O)c1cc(C)cc(C)c1.CC(=O)c1cc(C)cc(C)c1.CC(=O)c1cc(C)cc(CO)c1.CCC[CH2][Sn]([CH3])([CH2]CCC)[CH2]CCC.CCc1cc(C)cc(C(C)=O)c1. The molecule has 11 heteroatoms. The van der Waals surface area contributed by atoms with Gasteiger partial charge in [-0.25, -0.2) is 0 Å². The molecule has 3 N–H and O–H groups in total. The van der Waals surface area contributed by atoms with Crippen molar-refractivity contribution in [2.45, 2.75) is 223 Å². The largest absolute Gasteiger partial charge is 0.295 e. The molecule has 0 atom stereocenters. The van der Waals surface area contributed by atoms with E-state index in [0.717, 1.165) is 89.9 Å². The maximum absolute atomic E-state index is 11.1. The monoisotopic (exact) mass is 1300 g/mol. The van der Waals surface area contributed by atoms with E-state index in [2.05, 4.69) is 63.0 Å². The Morgan fingerprint density at radius 1 is 0.345 bits per heavy atom. The first-order chi connectivity index (χ1) is 40.0. The number of hydrogen-bond acceptors (Lipinski definition) is 9. The van der Waals surface area contributed by atoms with Gasteiger partial charge in [0.05, 0.1) is 6.61 Å². The smallest absolute Gasteiger partial charge is 0.159 e. The predicted octanol–water partition coefficient (Wildman–Crippen LogP) is 19.7. The molecule has 0 aliphatic rings. The van der Waals surface area contributed by atoms with Gasteiger partial charge in [0, 0.05) is 33.4 Å². The number of Topliss-reactive ketones (excluding diaryl/α,β-unsaturated/α-hetero) is 6. The van der Waals surface area contributed by atoms with Crippen LogP contribution in [0, 0.1) is 69.2 Å². The fourth-order valence-electron chi connectivity index (χ4n) is 9.32. The van der Waals surface area contributed by atoms with Gasteiger partial charge in [-0.1, -0.05) is 106 Å². The third-order valence-corrected chi connectivity index (χ3v) is 27.0. The number of hydrogen-bond donors (Lipinski definition) is 3. The number of aryl methyl sites for hydroxylation is 11. The topological polar surface area (TPSA) is 163 Å². The quantitative estimate of drug-likeness (QED) is 0.0596. The Kier molecular flexibility index (Phi) is 45.3. The second kappa shape index (κ2) is 46.2. The fraction of sp³-hybridized carbons (Fsp3) is 0.447. The number of rotatable bonds is 17. The molecular weight excluding hydrogens is 1190 g/mol. The van der Waals surface area contributed by atoms with Crippen molar-refractivity contribution in [1.82, 2.24) is 0 Å². The first-order valence-electron chi connectivity index (χ1n) is 30.6. The minimum absolute atomic E-state index is 0. The minimum Gasteiger partial charge on any atom is -0.295 e. The van der Waals surface area contributed by atoms with Crippen molar-refractivity contribution >= 4 is 60.2 Å². The number of unbranched alkanes of at least 4 members (excludes halogenated alkanes) is 3. The maximum atomic E-state index is 11.1. The molecule has 478 valence electrons. The number of carbonyl (C=O) groups is 6. The Morgan fingerprint density at radius 3 is 0.690 bits per heavy atom. The molecule has 0 aromatic heterocycles. The van der Waals surface area contributed by atoms with Gasteiger partial charge in [-0.05, 0) is 208 Å². The molecule has 0 bridgehead atoms. The van der Waals surface area contributed by atoms with Gasteiger partial charge in [0.1, 0.15) is 0 Å². The van der Waals surface area contributed by atoms with E-state index in [1.165, 1.54) is 63.4 Å².